The molecule has 0 aliphatic heterocycles. The van der Waals surface area contributed by atoms with E-state index in [1.165, 1.54) is 19.2 Å². The molecule has 0 unspecified atom stereocenters. The Balaban J connectivity index is 5.21. The van der Waals surface area contributed by atoms with Crippen LogP contribution in [0.5, 0.6) is 0 Å². The molecule has 0 aliphatic rings. The number of likely N-dealkylation sites (N-methyl/N-ethyl adjacent to an activating group) is 1. The van der Waals surface area contributed by atoms with Crippen molar-refractivity contribution in [3.63, 3.8) is 0 Å². The minimum Gasteiger partial charge on any atom is -0.355 e. The Kier molecular flexibility index (Phi) is 6.55. The summed E-state index contributed by atoms with van der Waals surface area (Å²) in [5.41, 5.74) is 0.632. The van der Waals surface area contributed by atoms with Gasteiger partial charge in [-0.3, -0.25) is 9.59 Å². The molecule has 3 nitrogen and oxygen atoms in total. The number of carbonyl (C=O) groups excluding carboxylic acids is 2. The van der Waals surface area contributed by atoms with E-state index < -0.39 is 0 Å². The third-order valence-electron chi connectivity index (χ3n) is 1.66. The van der Waals surface area contributed by atoms with E-state index in [1.54, 1.807) is 18.2 Å². The summed E-state index contributed by atoms with van der Waals surface area (Å²) < 4.78 is 0. The second-order valence-electron chi connectivity index (χ2n) is 2.66. The molecule has 0 saturated carbocycles. The van der Waals surface area contributed by atoms with Crippen LogP contribution in [0.25, 0.3) is 0 Å². The number of aldehydes is 1. The number of allylic oxidation sites excluding steroid dienone is 5. The van der Waals surface area contributed by atoms with Gasteiger partial charge in [0.15, 0.2) is 6.29 Å². The molecule has 0 bridgehead atoms. The normalized spacial score (nSPS) is 12.7. The average Bonchev–Trinajstić information content (AvgIpc) is 2.27. The van der Waals surface area contributed by atoms with Gasteiger partial charge < -0.3 is 5.32 Å². The van der Waals surface area contributed by atoms with Gasteiger partial charge in [-0.2, -0.15) is 0 Å². The monoisotopic (exact) mass is 205 g/mol. The lowest BCUT2D eigenvalue weighted by molar-refractivity contribution is -0.117. The molecule has 0 rings (SSSR count). The molecule has 80 valence electrons. The van der Waals surface area contributed by atoms with Gasteiger partial charge in [-0.05, 0) is 13.0 Å². The molecule has 15 heavy (non-hydrogen) atoms. The Bertz CT molecular complexity index is 336. The first-order valence-corrected chi connectivity index (χ1v) is 4.54. The maximum absolute atomic E-state index is 11.4. The summed E-state index contributed by atoms with van der Waals surface area (Å²) in [7, 11) is 1.51. The standard InChI is InChI=1S/C12H15NO2/c1-4-6-8-10(9-14)11(7-5-2)12(15)13-3/h4-9H,2H2,1,3H3,(H,13,15)/b6-4-,10-8-,11-7+. The van der Waals surface area contributed by atoms with Gasteiger partial charge in [0.2, 0.25) is 0 Å². The molecular weight excluding hydrogens is 190 g/mol. The predicted octanol–water partition coefficient (Wildman–Crippen LogP) is 1.55. The van der Waals surface area contributed by atoms with Crippen molar-refractivity contribution in [2.45, 2.75) is 6.92 Å². The SMILES string of the molecule is C=C\C=C(C(=O)NC)/C(C=O)=C\C=C/C. The number of hydrogen-bond acceptors (Lipinski definition) is 2. The summed E-state index contributed by atoms with van der Waals surface area (Å²) in [6.45, 7) is 5.33. The highest BCUT2D eigenvalue weighted by molar-refractivity contribution is 6.05. The summed E-state index contributed by atoms with van der Waals surface area (Å²) in [6, 6.07) is 0. The molecule has 0 aromatic rings. The second-order valence-corrected chi connectivity index (χ2v) is 2.66. The average molecular weight is 205 g/mol. The summed E-state index contributed by atoms with van der Waals surface area (Å²) in [5, 5.41) is 2.46. The minimum atomic E-state index is -0.308. The Morgan fingerprint density at radius 3 is 2.40 bits per heavy atom. The van der Waals surface area contributed by atoms with E-state index in [-0.39, 0.29) is 5.91 Å². The Labute approximate surface area is 89.9 Å². The number of nitrogens with one attached hydrogen (secondary N) is 1. The zero-order chi connectivity index (χ0) is 11.7. The summed E-state index contributed by atoms with van der Waals surface area (Å²) in [4.78, 5) is 22.2. The second kappa shape index (κ2) is 7.50. The number of rotatable bonds is 5. The van der Waals surface area contributed by atoms with Gasteiger partial charge in [-0.1, -0.05) is 30.9 Å². The first-order valence-electron chi connectivity index (χ1n) is 4.54. The van der Waals surface area contributed by atoms with Crippen molar-refractivity contribution in [1.29, 1.82) is 0 Å². The molecule has 0 saturated heterocycles. The lowest BCUT2D eigenvalue weighted by Gasteiger charge is -2.03. The maximum atomic E-state index is 11.4. The molecule has 0 fully saturated rings. The van der Waals surface area contributed by atoms with E-state index >= 15 is 0 Å². The highest BCUT2D eigenvalue weighted by Gasteiger charge is 2.10. The van der Waals surface area contributed by atoms with Crippen LogP contribution in [0.4, 0.5) is 0 Å². The molecule has 0 aromatic heterocycles. The highest BCUT2D eigenvalue weighted by atomic mass is 16.1. The van der Waals surface area contributed by atoms with Crippen molar-refractivity contribution in [2.24, 2.45) is 0 Å². The summed E-state index contributed by atoms with van der Waals surface area (Å²) in [6.07, 6.45) is 8.67. The number of amides is 1. The van der Waals surface area contributed by atoms with Gasteiger partial charge >= 0.3 is 0 Å². The van der Waals surface area contributed by atoms with Crippen molar-refractivity contribution >= 4 is 12.2 Å². The molecule has 0 aliphatic carbocycles. The van der Waals surface area contributed by atoms with Gasteiger partial charge in [0.05, 0.1) is 0 Å². The lowest BCUT2D eigenvalue weighted by Crippen LogP contribution is -2.21. The van der Waals surface area contributed by atoms with Gasteiger partial charge in [0.1, 0.15) is 0 Å². The minimum absolute atomic E-state index is 0.306. The highest BCUT2D eigenvalue weighted by Crippen LogP contribution is 2.08. The molecule has 3 heteroatoms. The molecule has 0 spiro atoms. The molecule has 0 aromatic carbocycles. The van der Waals surface area contributed by atoms with E-state index in [0.717, 1.165) is 0 Å². The number of carbonyl (C=O) groups is 2. The molecule has 0 atom stereocenters. The van der Waals surface area contributed by atoms with Gasteiger partial charge in [-0.25, -0.2) is 0 Å². The fourth-order valence-electron chi connectivity index (χ4n) is 0.948. The van der Waals surface area contributed by atoms with E-state index in [1.807, 2.05) is 6.92 Å². The van der Waals surface area contributed by atoms with Crippen molar-refractivity contribution < 1.29 is 9.59 Å². The smallest absolute Gasteiger partial charge is 0.251 e. The Hall–Kier alpha value is -1.90. The Morgan fingerprint density at radius 2 is 2.00 bits per heavy atom. The van der Waals surface area contributed by atoms with Crippen molar-refractivity contribution in [3.05, 3.63) is 48.1 Å². The van der Waals surface area contributed by atoms with Crippen LogP contribution in [0.3, 0.4) is 0 Å². The maximum Gasteiger partial charge on any atom is 0.251 e. The fourth-order valence-corrected chi connectivity index (χ4v) is 0.948. The Morgan fingerprint density at radius 1 is 1.33 bits per heavy atom. The quantitative estimate of drug-likeness (QED) is 0.420. The third-order valence-corrected chi connectivity index (χ3v) is 1.66. The molecular formula is C12H15NO2. The van der Waals surface area contributed by atoms with Crippen LogP contribution in [-0.4, -0.2) is 19.2 Å². The van der Waals surface area contributed by atoms with E-state index in [4.69, 9.17) is 0 Å². The van der Waals surface area contributed by atoms with Crippen LogP contribution in [-0.2, 0) is 9.59 Å². The van der Waals surface area contributed by atoms with E-state index in [2.05, 4.69) is 11.9 Å². The molecule has 1 amide bonds. The van der Waals surface area contributed by atoms with Crippen LogP contribution in [0.2, 0.25) is 0 Å². The zero-order valence-electron chi connectivity index (χ0n) is 8.99. The van der Waals surface area contributed by atoms with Crippen LogP contribution in [0, 0.1) is 0 Å². The van der Waals surface area contributed by atoms with E-state index in [9.17, 15) is 9.59 Å². The predicted molar refractivity (Wildman–Crippen MR) is 61.3 cm³/mol. The lowest BCUT2D eigenvalue weighted by atomic mass is 10.1. The molecule has 0 heterocycles. The first kappa shape index (κ1) is 13.1. The fraction of sp³-hybridized carbons (Fsp3) is 0.167. The van der Waals surface area contributed by atoms with E-state index in [0.29, 0.717) is 17.4 Å². The summed E-state index contributed by atoms with van der Waals surface area (Å²) >= 11 is 0. The van der Waals surface area contributed by atoms with Crippen molar-refractivity contribution in [1.82, 2.24) is 5.32 Å². The first-order chi connectivity index (χ1) is 7.21. The molecule has 1 N–H and O–H groups in total. The van der Waals surface area contributed by atoms with Crippen LogP contribution in [0.15, 0.2) is 48.1 Å². The topological polar surface area (TPSA) is 46.2 Å². The third kappa shape index (κ3) is 4.22. The van der Waals surface area contributed by atoms with Crippen LogP contribution >= 0.6 is 0 Å². The zero-order valence-corrected chi connectivity index (χ0v) is 8.99. The van der Waals surface area contributed by atoms with Crippen LogP contribution in [0.1, 0.15) is 6.92 Å². The van der Waals surface area contributed by atoms with Gasteiger partial charge in [0.25, 0.3) is 5.91 Å². The number of hydrogen-bond donors (Lipinski definition) is 1. The molecule has 0 radical (unpaired) electrons. The van der Waals surface area contributed by atoms with Gasteiger partial charge in [0, 0.05) is 18.2 Å². The summed E-state index contributed by atoms with van der Waals surface area (Å²) in [5.74, 6) is -0.308. The van der Waals surface area contributed by atoms with Crippen molar-refractivity contribution in [2.75, 3.05) is 7.05 Å². The van der Waals surface area contributed by atoms with Crippen LogP contribution < -0.4 is 5.32 Å². The van der Waals surface area contributed by atoms with Gasteiger partial charge in [-0.15, -0.1) is 0 Å². The largest absolute Gasteiger partial charge is 0.355 e. The van der Waals surface area contributed by atoms with Crippen molar-refractivity contribution in [3.8, 4) is 0 Å².